The molecular formula is C33H52BF3N4O10. The molecule has 1 aliphatic heterocycles. The van der Waals surface area contributed by atoms with Crippen molar-refractivity contribution in [2.45, 2.75) is 92.1 Å². The summed E-state index contributed by atoms with van der Waals surface area (Å²) in [5, 5.41) is 26.8. The number of aliphatic hydroxyl groups is 1. The fraction of sp³-hybridized carbons (Fsp3) is 0.697. The van der Waals surface area contributed by atoms with Crippen LogP contribution in [0.5, 0.6) is 0 Å². The summed E-state index contributed by atoms with van der Waals surface area (Å²) in [6, 6.07) is -0.625. The largest absolute Gasteiger partial charge is 0.500 e. The van der Waals surface area contributed by atoms with Gasteiger partial charge in [0, 0.05) is 19.2 Å². The van der Waals surface area contributed by atoms with Crippen molar-refractivity contribution in [1.82, 2.24) is 21.4 Å². The molecular weight excluding hydrogens is 680 g/mol. The van der Waals surface area contributed by atoms with E-state index in [1.54, 1.807) is 62.3 Å². The van der Waals surface area contributed by atoms with E-state index >= 15 is 4.39 Å². The second kappa shape index (κ2) is 18.5. The van der Waals surface area contributed by atoms with Crippen LogP contribution in [-0.2, 0) is 33.2 Å². The van der Waals surface area contributed by atoms with Gasteiger partial charge in [0.1, 0.15) is 35.2 Å². The lowest BCUT2D eigenvalue weighted by molar-refractivity contribution is -0.147. The first-order valence-electron chi connectivity index (χ1n) is 16.7. The molecule has 0 spiro atoms. The molecule has 0 radical (unpaired) electrons. The number of nitrogens with one attached hydrogen (secondary N) is 4. The molecule has 1 saturated heterocycles. The predicted octanol–water partition coefficient (Wildman–Crippen LogP) is 1.34. The van der Waals surface area contributed by atoms with Crippen molar-refractivity contribution in [3.8, 4) is 0 Å². The molecule has 3 atom stereocenters. The first-order valence-corrected chi connectivity index (χ1v) is 16.7. The van der Waals surface area contributed by atoms with E-state index in [0.29, 0.717) is 6.07 Å². The molecule has 14 nitrogen and oxygen atoms in total. The first-order chi connectivity index (χ1) is 23.6. The van der Waals surface area contributed by atoms with E-state index in [1.807, 2.05) is 0 Å². The van der Waals surface area contributed by atoms with Crippen LogP contribution in [0.15, 0.2) is 6.07 Å². The molecule has 2 rings (SSSR count). The van der Waals surface area contributed by atoms with Crippen molar-refractivity contribution in [1.29, 1.82) is 0 Å². The topological polar surface area (TPSA) is 194 Å². The Balaban J connectivity index is 1.79. The maximum absolute atomic E-state index is 15.3. The van der Waals surface area contributed by atoms with E-state index in [4.69, 9.17) is 24.0 Å². The van der Waals surface area contributed by atoms with Gasteiger partial charge in [0.25, 0.3) is 11.8 Å². The Bertz CT molecular complexity index is 1380. The number of rotatable bonds is 18. The Labute approximate surface area is 297 Å². The van der Waals surface area contributed by atoms with Crippen LogP contribution >= 0.6 is 0 Å². The standard InChI is InChI=1S/C33H52BF3N4O10/c1-18(2)16-19(25(42)29(45)41-47)27(43)40-26(31(3,4)5)30(46)39-11-13-49-15-14-48-12-10-38-28(44)22-20(35)17-21(36)23(24(22)37)34-50-32(6,7)33(8,9)51-34/h17-19,25-26,42,47H,10-16H2,1-9H3,(H,38,44)(H,39,46)(H,40,43)(H,41,45)/t19-,25+,26-/m1/s1. The Morgan fingerprint density at radius 3 is 1.88 bits per heavy atom. The van der Waals surface area contributed by atoms with Gasteiger partial charge in [-0.3, -0.25) is 24.4 Å². The van der Waals surface area contributed by atoms with Crippen molar-refractivity contribution in [3.63, 3.8) is 0 Å². The summed E-state index contributed by atoms with van der Waals surface area (Å²) >= 11 is 0. The molecule has 4 amide bonds. The minimum Gasteiger partial charge on any atom is -0.399 e. The van der Waals surface area contributed by atoms with E-state index in [1.165, 1.54) is 5.48 Å². The first kappa shape index (κ1) is 43.9. The summed E-state index contributed by atoms with van der Waals surface area (Å²) in [7, 11) is -1.49. The maximum atomic E-state index is 15.3. The van der Waals surface area contributed by atoms with Gasteiger partial charge in [-0.25, -0.2) is 18.7 Å². The highest BCUT2D eigenvalue weighted by Gasteiger charge is 2.54. The summed E-state index contributed by atoms with van der Waals surface area (Å²) < 4.78 is 66.6. The van der Waals surface area contributed by atoms with Gasteiger partial charge in [-0.15, -0.1) is 0 Å². The molecule has 18 heteroatoms. The number of ether oxygens (including phenoxy) is 2. The fourth-order valence-corrected chi connectivity index (χ4v) is 5.05. The van der Waals surface area contributed by atoms with E-state index in [0.717, 1.165) is 0 Å². The fourth-order valence-electron chi connectivity index (χ4n) is 5.05. The third kappa shape index (κ3) is 11.9. The third-order valence-corrected chi connectivity index (χ3v) is 8.61. The van der Waals surface area contributed by atoms with Crippen LogP contribution in [0.2, 0.25) is 0 Å². The van der Waals surface area contributed by atoms with Gasteiger partial charge < -0.3 is 39.8 Å². The SMILES string of the molecule is CC(C)C[C@@H](C(=O)N[C@H](C(=O)NCCOCCOCCNC(=O)c1c(F)cc(F)c(B2OC(C)(C)C(C)(C)O2)c1F)C(C)(C)C)[C@H](O)C(=O)NO. The van der Waals surface area contributed by atoms with Crippen LogP contribution in [0.1, 0.15) is 79.1 Å². The number of hydroxylamine groups is 1. The van der Waals surface area contributed by atoms with E-state index in [2.05, 4.69) is 16.0 Å². The van der Waals surface area contributed by atoms with Gasteiger partial charge in [-0.1, -0.05) is 34.6 Å². The number of carbonyl (C=O) groups excluding carboxylic acids is 4. The van der Waals surface area contributed by atoms with Gasteiger partial charge >= 0.3 is 7.12 Å². The lowest BCUT2D eigenvalue weighted by Gasteiger charge is -2.32. The van der Waals surface area contributed by atoms with Gasteiger partial charge in [-0.05, 0) is 45.4 Å². The highest BCUT2D eigenvalue weighted by molar-refractivity contribution is 6.62. The van der Waals surface area contributed by atoms with E-state index in [9.17, 15) is 33.1 Å². The highest BCUT2D eigenvalue weighted by Crippen LogP contribution is 2.37. The van der Waals surface area contributed by atoms with Gasteiger partial charge in [-0.2, -0.15) is 0 Å². The van der Waals surface area contributed by atoms with Crippen LogP contribution < -0.4 is 26.9 Å². The molecule has 0 saturated carbocycles. The molecule has 1 fully saturated rings. The normalized spacial score (nSPS) is 17.1. The Kier molecular flexibility index (Phi) is 15.9. The number of halogens is 3. The molecule has 51 heavy (non-hydrogen) atoms. The molecule has 1 aromatic carbocycles. The minimum absolute atomic E-state index is 0.0419. The summed E-state index contributed by atoms with van der Waals surface area (Å²) in [6.45, 7) is 15.7. The van der Waals surface area contributed by atoms with Crippen molar-refractivity contribution in [2.75, 3.05) is 39.5 Å². The van der Waals surface area contributed by atoms with Crippen molar-refractivity contribution >= 4 is 36.2 Å². The zero-order chi connectivity index (χ0) is 38.9. The molecule has 0 bridgehead atoms. The summed E-state index contributed by atoms with van der Waals surface area (Å²) in [4.78, 5) is 50.5. The van der Waals surface area contributed by atoms with Crippen molar-refractivity contribution in [3.05, 3.63) is 29.1 Å². The highest BCUT2D eigenvalue weighted by atomic mass is 19.1. The zero-order valence-electron chi connectivity index (χ0n) is 30.7. The molecule has 0 unspecified atom stereocenters. The predicted molar refractivity (Wildman–Crippen MR) is 179 cm³/mol. The third-order valence-electron chi connectivity index (χ3n) is 8.61. The lowest BCUT2D eigenvalue weighted by atomic mass is 9.77. The van der Waals surface area contributed by atoms with Gasteiger partial charge in [0.15, 0.2) is 0 Å². The number of hydrogen-bond donors (Lipinski definition) is 6. The molecule has 1 aliphatic rings. The number of hydrogen-bond acceptors (Lipinski definition) is 10. The second-order valence-corrected chi connectivity index (χ2v) is 14.8. The van der Waals surface area contributed by atoms with Crippen molar-refractivity contribution in [2.24, 2.45) is 17.3 Å². The summed E-state index contributed by atoms with van der Waals surface area (Å²) in [5.41, 5.74) is -2.95. The van der Waals surface area contributed by atoms with Crippen LogP contribution in [0, 0.1) is 34.7 Å². The zero-order valence-corrected chi connectivity index (χ0v) is 30.7. The quantitative estimate of drug-likeness (QED) is 0.0556. The molecule has 1 aromatic rings. The average molecular weight is 733 g/mol. The smallest absolute Gasteiger partial charge is 0.399 e. The minimum atomic E-state index is -1.82. The van der Waals surface area contributed by atoms with Crippen LogP contribution in [0.3, 0.4) is 0 Å². The molecule has 288 valence electrons. The van der Waals surface area contributed by atoms with Crippen LogP contribution in [0.4, 0.5) is 13.2 Å². The molecule has 0 aromatic heterocycles. The molecule has 0 aliphatic carbocycles. The number of aliphatic hydroxyl groups excluding tert-OH is 1. The summed E-state index contributed by atoms with van der Waals surface area (Å²) in [5.74, 6) is -8.86. The van der Waals surface area contributed by atoms with Crippen molar-refractivity contribution < 1.29 is 61.4 Å². The maximum Gasteiger partial charge on any atom is 0.500 e. The average Bonchev–Trinajstić information content (AvgIpc) is 3.22. The Hall–Kier alpha value is -3.29. The van der Waals surface area contributed by atoms with Gasteiger partial charge in [0.2, 0.25) is 11.8 Å². The van der Waals surface area contributed by atoms with Crippen LogP contribution in [0.25, 0.3) is 0 Å². The Morgan fingerprint density at radius 1 is 0.863 bits per heavy atom. The molecule has 6 N–H and O–H groups in total. The molecule has 1 heterocycles. The number of benzene rings is 1. The summed E-state index contributed by atoms with van der Waals surface area (Å²) in [6.07, 6.45) is -1.70. The van der Waals surface area contributed by atoms with Crippen LogP contribution in [-0.4, -0.2) is 104 Å². The second-order valence-electron chi connectivity index (χ2n) is 14.8. The van der Waals surface area contributed by atoms with Gasteiger partial charge in [0.05, 0.1) is 49.0 Å². The monoisotopic (exact) mass is 732 g/mol. The number of carbonyl (C=O) groups is 4. The van der Waals surface area contributed by atoms with E-state index < -0.39 is 93.9 Å². The Morgan fingerprint density at radius 2 is 1.39 bits per heavy atom. The van der Waals surface area contributed by atoms with E-state index in [-0.39, 0.29) is 51.9 Å². The lowest BCUT2D eigenvalue weighted by Crippen LogP contribution is -2.57. The number of amides is 4.